The van der Waals surface area contributed by atoms with Gasteiger partial charge in [-0.2, -0.15) is 87.4 Å². The van der Waals surface area contributed by atoms with Gasteiger partial charge in [-0.1, -0.05) is 19.4 Å². The highest BCUT2D eigenvalue weighted by atomic mass is 32.5. The molecule has 0 spiro atoms. The quantitative estimate of drug-likeness (QED) is 0.193. The topological polar surface area (TPSA) is 54.4 Å². The molecule has 0 fully saturated rings. The molecule has 0 aromatic carbocycles. The van der Waals surface area contributed by atoms with Crippen molar-refractivity contribution >= 4 is 20.3 Å². The molecule has 0 aliphatic carbocycles. The average Bonchev–Trinajstić information content (AvgIpc) is 2.56. The van der Waals surface area contributed by atoms with Gasteiger partial charge >= 0.3 is 72.3 Å². The molecule has 0 saturated heterocycles. The van der Waals surface area contributed by atoms with Crippen molar-refractivity contribution in [3.8, 4) is 0 Å². The Morgan fingerprint density at radius 3 is 0.784 bits per heavy atom. The minimum atomic E-state index is -13.7. The normalized spacial score (nSPS) is 18.9. The lowest BCUT2D eigenvalue weighted by Crippen LogP contribution is -2.76. The van der Waals surface area contributed by atoms with E-state index in [9.17, 15) is 107 Å². The maximum absolute atomic E-state index is 13.7. The Bertz CT molecular complexity index is 1020. The Kier molecular flexibility index (Phi) is 6.97. The Morgan fingerprint density at radius 1 is 0.405 bits per heavy atom. The van der Waals surface area contributed by atoms with Crippen LogP contribution in [-0.4, -0.2) is 64.9 Å². The van der Waals surface area contributed by atoms with E-state index < -0.39 is 72.3 Å². The number of alkyl halides is 18. The van der Waals surface area contributed by atoms with Crippen molar-refractivity contribution < 1.29 is 111 Å². The molecule has 0 aliphatic rings. The lowest BCUT2D eigenvalue weighted by atomic mass is 9.89. The molecule has 0 rings (SSSR count). The number of hydrogen-bond acceptors (Lipinski definition) is 2. The van der Waals surface area contributed by atoms with Gasteiger partial charge in [0.1, 0.15) is 0 Å². The highest BCUT2D eigenvalue weighted by Gasteiger charge is 3.02. The summed E-state index contributed by atoms with van der Waals surface area (Å²) in [4.78, 5) is 0. The van der Waals surface area contributed by atoms with Crippen molar-refractivity contribution in [2.24, 2.45) is 0 Å². The fourth-order valence-corrected chi connectivity index (χ4v) is 2.82. The van der Waals surface area contributed by atoms with Crippen LogP contribution in [0.25, 0.3) is 0 Å². The molecule has 37 heavy (non-hydrogen) atoms. The van der Waals surface area contributed by atoms with Crippen LogP contribution in [0, 0.1) is 0 Å². The van der Waals surface area contributed by atoms with Crippen LogP contribution in [0.5, 0.6) is 0 Å². The third-order valence-corrected chi connectivity index (χ3v) is 6.04. The lowest BCUT2D eigenvalue weighted by molar-refractivity contribution is -0.456. The number of rotatable bonds is 10. The predicted molar refractivity (Wildman–Crippen MR) is 69.2 cm³/mol. The first-order valence-electron chi connectivity index (χ1n) is 7.10. The largest absolute Gasteiger partial charge is 0.450 e. The molecule has 1 N–H and O–H groups in total. The first-order valence-corrected chi connectivity index (χ1v) is 10.5. The second-order valence-electron chi connectivity index (χ2n) is 6.50. The lowest BCUT2D eigenvalue weighted by Gasteiger charge is -2.50. The van der Waals surface area contributed by atoms with E-state index in [1.165, 1.54) is 0 Å². The number of halogens is 23. The van der Waals surface area contributed by atoms with Crippen LogP contribution in [0.3, 0.4) is 0 Å². The van der Waals surface area contributed by atoms with Gasteiger partial charge in [-0.3, -0.25) is 4.55 Å². The molecule has 228 valence electrons. The Morgan fingerprint density at radius 2 is 0.595 bits per heavy atom. The van der Waals surface area contributed by atoms with E-state index in [0.717, 1.165) is 0 Å². The van der Waals surface area contributed by atoms with Crippen molar-refractivity contribution in [2.45, 2.75) is 52.0 Å². The summed E-state index contributed by atoms with van der Waals surface area (Å²) < 4.78 is 323. The first-order chi connectivity index (χ1) is 15.0. The van der Waals surface area contributed by atoms with E-state index >= 15 is 0 Å². The SMILES string of the molecule is O=S(=O)(O)C(F)(F)C(F)(F)C(F)(F)C(F)(F)C(F)(F)C(F)(F)C(F)(F)C(F)(F)C(F)(F)S(F)(F)(F)(F)F. The molecule has 0 radical (unpaired) electrons. The molecular formula is C9HF23O3S2. The maximum Gasteiger partial charge on any atom is 0.450 e. The van der Waals surface area contributed by atoms with Crippen LogP contribution >= 0.6 is 10.2 Å². The molecule has 0 saturated carbocycles. The van der Waals surface area contributed by atoms with Gasteiger partial charge in [0, 0.05) is 0 Å². The smallest absolute Gasteiger partial charge is 0.281 e. The van der Waals surface area contributed by atoms with Gasteiger partial charge in [0.05, 0.1) is 0 Å². The molecule has 0 heterocycles. The average molecular weight is 658 g/mol. The van der Waals surface area contributed by atoms with Gasteiger partial charge in [-0.05, 0) is 0 Å². The summed E-state index contributed by atoms with van der Waals surface area (Å²) in [6.07, 6.45) is 0. The second-order valence-corrected chi connectivity index (χ2v) is 10.4. The van der Waals surface area contributed by atoms with E-state index in [2.05, 4.69) is 0 Å². The second kappa shape index (κ2) is 7.23. The van der Waals surface area contributed by atoms with Crippen LogP contribution < -0.4 is 0 Å². The van der Waals surface area contributed by atoms with Crippen molar-refractivity contribution in [3.05, 3.63) is 0 Å². The van der Waals surface area contributed by atoms with Crippen molar-refractivity contribution in [2.75, 3.05) is 0 Å². The van der Waals surface area contributed by atoms with Gasteiger partial charge in [0.15, 0.2) is 0 Å². The summed E-state index contributed by atoms with van der Waals surface area (Å²) in [5.41, 5.74) is 0. The summed E-state index contributed by atoms with van der Waals surface area (Å²) in [6, 6.07) is 0. The van der Waals surface area contributed by atoms with Gasteiger partial charge in [0.2, 0.25) is 0 Å². The van der Waals surface area contributed by atoms with Gasteiger partial charge < -0.3 is 0 Å². The van der Waals surface area contributed by atoms with Crippen LogP contribution in [0.1, 0.15) is 0 Å². The van der Waals surface area contributed by atoms with Gasteiger partial charge in [0.25, 0.3) is 0 Å². The highest BCUT2D eigenvalue weighted by Crippen LogP contribution is 3.06. The van der Waals surface area contributed by atoms with Crippen LogP contribution in [0.2, 0.25) is 0 Å². The molecule has 0 unspecified atom stereocenters. The zero-order valence-electron chi connectivity index (χ0n) is 15.3. The predicted octanol–water partition coefficient (Wildman–Crippen LogP) is 7.81. The molecule has 0 bridgehead atoms. The van der Waals surface area contributed by atoms with Gasteiger partial charge in [-0.15, -0.1) is 0 Å². The van der Waals surface area contributed by atoms with Crippen molar-refractivity contribution in [3.63, 3.8) is 0 Å². The fourth-order valence-electron chi connectivity index (χ4n) is 1.76. The van der Waals surface area contributed by atoms with Crippen molar-refractivity contribution in [1.82, 2.24) is 0 Å². The van der Waals surface area contributed by atoms with Crippen LogP contribution in [0.15, 0.2) is 0 Å². The van der Waals surface area contributed by atoms with Gasteiger partial charge in [-0.25, -0.2) is 0 Å². The summed E-state index contributed by atoms with van der Waals surface area (Å²) in [5, 5.41) is -18.1. The molecular weight excluding hydrogens is 657 g/mol. The van der Waals surface area contributed by atoms with E-state index in [1.54, 1.807) is 0 Å². The zero-order chi connectivity index (χ0) is 31.4. The minimum absolute atomic E-state index is 7.67. The first kappa shape index (κ1) is 35.6. The molecule has 0 aromatic heterocycles. The van der Waals surface area contributed by atoms with E-state index in [-0.39, 0.29) is 0 Å². The summed E-state index contributed by atoms with van der Waals surface area (Å²) in [6.45, 7) is 0. The molecule has 3 nitrogen and oxygen atoms in total. The molecule has 28 heteroatoms. The van der Waals surface area contributed by atoms with Crippen molar-refractivity contribution in [1.29, 1.82) is 0 Å². The third kappa shape index (κ3) is 4.12. The Hall–Kier alpha value is -1.35. The maximum atomic E-state index is 13.3. The molecule has 0 amide bonds. The van der Waals surface area contributed by atoms with E-state index in [0.29, 0.717) is 0 Å². The zero-order valence-corrected chi connectivity index (χ0v) is 16.9. The molecule has 0 aromatic rings. The summed E-state index contributed by atoms with van der Waals surface area (Å²) >= 11 is 0. The Labute approximate surface area is 185 Å². The van der Waals surface area contributed by atoms with E-state index in [1.807, 2.05) is 0 Å². The summed E-state index contributed by atoms with van der Waals surface area (Å²) in [7, 11) is -21.8. The highest BCUT2D eigenvalue weighted by molar-refractivity contribution is 8.46. The number of hydrogen-bond donors (Lipinski definition) is 1. The molecule has 0 aliphatic heterocycles. The van der Waals surface area contributed by atoms with Crippen LogP contribution in [0.4, 0.5) is 98.5 Å². The third-order valence-electron chi connectivity index (χ3n) is 3.91. The van der Waals surface area contributed by atoms with E-state index in [4.69, 9.17) is 4.55 Å². The minimum Gasteiger partial charge on any atom is -0.281 e. The standard InChI is InChI=1S/C9HF23O3S2/c10-1(11,2(12,13)4(16,17)6(20,21)8(24,25)36(33,34)35)3(14,15)5(18,19)7(22,23)9(26,27)37(28,29,30,31)32/h(H,33,34,35). The summed E-state index contributed by atoms with van der Waals surface area (Å²) in [5.74, 6) is -66.4. The fraction of sp³-hybridized carbons (Fsp3) is 1.00. The molecule has 0 atom stereocenters. The Balaban J connectivity index is 7.40. The van der Waals surface area contributed by atoms with Crippen LogP contribution in [-0.2, 0) is 10.1 Å². The monoisotopic (exact) mass is 658 g/mol.